The number of aryl methyl sites for hydroxylation is 2. The van der Waals surface area contributed by atoms with Crippen molar-refractivity contribution in [2.45, 2.75) is 23.6 Å². The van der Waals surface area contributed by atoms with Crippen LogP contribution in [0, 0.1) is 13.8 Å². The molecule has 2 heterocycles. The molecule has 5 nitrogen and oxygen atoms in total. The molecule has 0 radical (unpaired) electrons. The monoisotopic (exact) mass is 420 g/mol. The lowest BCUT2D eigenvalue weighted by Gasteiger charge is -2.12. The number of methoxy groups -OCH3 is 1. The summed E-state index contributed by atoms with van der Waals surface area (Å²) >= 11 is 3.28. The summed E-state index contributed by atoms with van der Waals surface area (Å²) in [4.78, 5) is 15.6. The molecule has 4 rings (SSSR count). The van der Waals surface area contributed by atoms with Crippen LogP contribution in [0.25, 0.3) is 22.0 Å². The lowest BCUT2D eigenvalue weighted by atomic mass is 10.1. The van der Waals surface area contributed by atoms with E-state index in [1.54, 1.807) is 31.3 Å². The van der Waals surface area contributed by atoms with Gasteiger partial charge in [-0.1, -0.05) is 11.8 Å². The van der Waals surface area contributed by atoms with Crippen molar-refractivity contribution < 1.29 is 4.74 Å². The van der Waals surface area contributed by atoms with Crippen LogP contribution in [0.2, 0.25) is 0 Å². The maximum Gasteiger partial charge on any atom is 0.152 e. The molecule has 0 aliphatic heterocycles. The van der Waals surface area contributed by atoms with E-state index >= 15 is 0 Å². The van der Waals surface area contributed by atoms with Gasteiger partial charge in [-0.3, -0.25) is 0 Å². The Kier molecular flexibility index (Phi) is 5.51. The molecule has 7 heteroatoms. The molecule has 0 bridgehead atoms. The Balaban J connectivity index is 1.62. The summed E-state index contributed by atoms with van der Waals surface area (Å²) in [5.41, 5.74) is 11.0. The predicted molar refractivity (Wildman–Crippen MR) is 120 cm³/mol. The SMILES string of the molecule is COc1ccc(Sc2c(C)cc(-c3csc(-c4nccnc4N)n3)cc2C)cc1. The fourth-order valence-electron chi connectivity index (χ4n) is 3.05. The van der Waals surface area contributed by atoms with Crippen LogP contribution in [0.5, 0.6) is 5.75 Å². The quantitative estimate of drug-likeness (QED) is 0.451. The van der Waals surface area contributed by atoms with Crippen molar-refractivity contribution in [1.82, 2.24) is 15.0 Å². The minimum Gasteiger partial charge on any atom is -0.497 e. The molecule has 0 atom stereocenters. The highest BCUT2D eigenvalue weighted by Gasteiger charge is 2.14. The number of benzene rings is 2. The zero-order valence-electron chi connectivity index (χ0n) is 16.3. The Morgan fingerprint density at radius 3 is 2.34 bits per heavy atom. The molecule has 0 saturated carbocycles. The molecule has 2 aromatic carbocycles. The fourth-order valence-corrected chi connectivity index (χ4v) is 4.83. The first-order valence-corrected chi connectivity index (χ1v) is 10.7. The molecule has 4 aromatic rings. The summed E-state index contributed by atoms with van der Waals surface area (Å²) in [5, 5.41) is 2.81. The van der Waals surface area contributed by atoms with Gasteiger partial charge in [0.05, 0.1) is 12.8 Å². The maximum atomic E-state index is 5.94. The summed E-state index contributed by atoms with van der Waals surface area (Å²) < 4.78 is 5.24. The molecular weight excluding hydrogens is 400 g/mol. The second-order valence-electron chi connectivity index (χ2n) is 6.54. The van der Waals surface area contributed by atoms with Crippen molar-refractivity contribution in [2.75, 3.05) is 12.8 Å². The van der Waals surface area contributed by atoms with E-state index in [1.165, 1.54) is 32.3 Å². The minimum absolute atomic E-state index is 0.395. The van der Waals surface area contributed by atoms with E-state index in [-0.39, 0.29) is 0 Å². The van der Waals surface area contributed by atoms with Crippen molar-refractivity contribution >= 4 is 28.9 Å². The van der Waals surface area contributed by atoms with Gasteiger partial charge in [0.25, 0.3) is 0 Å². The van der Waals surface area contributed by atoms with Crippen LogP contribution in [0.15, 0.2) is 64.0 Å². The fraction of sp³-hybridized carbons (Fsp3) is 0.136. The van der Waals surface area contributed by atoms with Gasteiger partial charge in [0.1, 0.15) is 16.5 Å². The summed E-state index contributed by atoms with van der Waals surface area (Å²) in [6.07, 6.45) is 3.21. The number of nitrogen functional groups attached to an aromatic ring is 1. The van der Waals surface area contributed by atoms with Crippen molar-refractivity contribution in [3.8, 4) is 27.7 Å². The number of thiazole rings is 1. The highest BCUT2D eigenvalue weighted by molar-refractivity contribution is 7.99. The van der Waals surface area contributed by atoms with Crippen molar-refractivity contribution in [3.05, 3.63) is 65.3 Å². The number of hydrogen-bond donors (Lipinski definition) is 1. The third kappa shape index (κ3) is 4.11. The van der Waals surface area contributed by atoms with Crippen LogP contribution >= 0.6 is 23.1 Å². The molecule has 0 fully saturated rings. The molecule has 2 N–H and O–H groups in total. The molecule has 0 aliphatic carbocycles. The maximum absolute atomic E-state index is 5.94. The topological polar surface area (TPSA) is 73.9 Å². The highest BCUT2D eigenvalue weighted by Crippen LogP contribution is 2.37. The van der Waals surface area contributed by atoms with Crippen LogP contribution in [0.3, 0.4) is 0 Å². The zero-order valence-corrected chi connectivity index (χ0v) is 18.0. The van der Waals surface area contributed by atoms with Gasteiger partial charge in [-0.2, -0.15) is 0 Å². The largest absolute Gasteiger partial charge is 0.497 e. The summed E-state index contributed by atoms with van der Waals surface area (Å²) in [7, 11) is 1.68. The Bertz CT molecular complexity index is 1130. The molecule has 0 aliphatic rings. The average Bonchev–Trinajstić information content (AvgIpc) is 3.21. The van der Waals surface area contributed by atoms with E-state index in [0.29, 0.717) is 11.5 Å². The molecule has 0 saturated heterocycles. The van der Waals surface area contributed by atoms with Crippen molar-refractivity contribution in [2.24, 2.45) is 0 Å². The van der Waals surface area contributed by atoms with Gasteiger partial charge in [0.15, 0.2) is 5.82 Å². The van der Waals surface area contributed by atoms with Crippen LogP contribution in [0.4, 0.5) is 5.82 Å². The number of aromatic nitrogens is 3. The van der Waals surface area contributed by atoms with Crippen LogP contribution in [-0.2, 0) is 0 Å². The molecule has 2 aromatic heterocycles. The van der Waals surface area contributed by atoms with E-state index in [2.05, 4.69) is 48.1 Å². The predicted octanol–water partition coefficient (Wildman–Crippen LogP) is 5.63. The van der Waals surface area contributed by atoms with E-state index < -0.39 is 0 Å². The van der Waals surface area contributed by atoms with E-state index in [4.69, 9.17) is 15.5 Å². The lowest BCUT2D eigenvalue weighted by molar-refractivity contribution is 0.414. The van der Waals surface area contributed by atoms with E-state index in [1.807, 2.05) is 17.5 Å². The van der Waals surface area contributed by atoms with Gasteiger partial charge >= 0.3 is 0 Å². The molecular formula is C22H20N4OS2. The standard InChI is InChI=1S/C22H20N4OS2/c1-13-10-15(18-12-28-22(26-18)19-21(23)25-9-8-24-19)11-14(2)20(13)29-17-6-4-16(27-3)5-7-17/h4-12H,1-3H3,(H2,23,25). The second-order valence-corrected chi connectivity index (χ2v) is 8.49. The first-order valence-electron chi connectivity index (χ1n) is 9.01. The van der Waals surface area contributed by atoms with Crippen LogP contribution in [0.1, 0.15) is 11.1 Å². The van der Waals surface area contributed by atoms with Gasteiger partial charge < -0.3 is 10.5 Å². The number of nitrogens with zero attached hydrogens (tertiary/aromatic N) is 3. The second kappa shape index (κ2) is 8.23. The third-order valence-electron chi connectivity index (χ3n) is 4.47. The van der Waals surface area contributed by atoms with Gasteiger partial charge in [-0.05, 0) is 61.4 Å². The first-order chi connectivity index (χ1) is 14.0. The minimum atomic E-state index is 0.395. The molecule has 0 amide bonds. The normalized spacial score (nSPS) is 10.9. The molecule has 0 unspecified atom stereocenters. The first kappa shape index (κ1) is 19.4. The lowest BCUT2D eigenvalue weighted by Crippen LogP contribution is -1.95. The molecule has 0 spiro atoms. The van der Waals surface area contributed by atoms with Gasteiger partial charge in [-0.25, -0.2) is 15.0 Å². The van der Waals surface area contributed by atoms with Crippen molar-refractivity contribution in [3.63, 3.8) is 0 Å². The number of anilines is 1. The smallest absolute Gasteiger partial charge is 0.152 e. The Morgan fingerprint density at radius 2 is 1.69 bits per heavy atom. The van der Waals surface area contributed by atoms with E-state index in [9.17, 15) is 0 Å². The Labute approximate surface area is 178 Å². The van der Waals surface area contributed by atoms with Crippen LogP contribution < -0.4 is 10.5 Å². The molecule has 29 heavy (non-hydrogen) atoms. The Hall–Kier alpha value is -2.90. The Morgan fingerprint density at radius 1 is 1.00 bits per heavy atom. The number of hydrogen-bond acceptors (Lipinski definition) is 7. The van der Waals surface area contributed by atoms with Gasteiger partial charge in [0.2, 0.25) is 0 Å². The highest BCUT2D eigenvalue weighted by atomic mass is 32.2. The number of nitrogens with two attached hydrogens (primary N) is 1. The third-order valence-corrected chi connectivity index (χ3v) is 6.67. The number of rotatable bonds is 5. The van der Waals surface area contributed by atoms with Crippen LogP contribution in [-0.4, -0.2) is 22.1 Å². The van der Waals surface area contributed by atoms with E-state index in [0.717, 1.165) is 22.0 Å². The summed E-state index contributed by atoms with van der Waals surface area (Å²) in [6, 6.07) is 12.5. The average molecular weight is 421 g/mol. The number of ether oxygens (including phenoxy) is 1. The van der Waals surface area contributed by atoms with Crippen molar-refractivity contribution in [1.29, 1.82) is 0 Å². The summed E-state index contributed by atoms with van der Waals surface area (Å²) in [5.74, 6) is 1.26. The summed E-state index contributed by atoms with van der Waals surface area (Å²) in [6.45, 7) is 4.27. The van der Waals surface area contributed by atoms with Gasteiger partial charge in [0, 0.05) is 33.1 Å². The molecule has 146 valence electrons. The zero-order chi connectivity index (χ0) is 20.4. The van der Waals surface area contributed by atoms with Gasteiger partial charge in [-0.15, -0.1) is 11.3 Å².